The maximum absolute atomic E-state index is 12.7. The van der Waals surface area contributed by atoms with Gasteiger partial charge in [-0.15, -0.1) is 0 Å². The second-order valence-corrected chi connectivity index (χ2v) is 6.08. The van der Waals surface area contributed by atoms with E-state index >= 15 is 0 Å². The number of ether oxygens (including phenoxy) is 1. The Labute approximate surface area is 159 Å². The third-order valence-electron chi connectivity index (χ3n) is 4.12. The van der Waals surface area contributed by atoms with E-state index in [9.17, 15) is 18.0 Å². The molecule has 0 amide bonds. The van der Waals surface area contributed by atoms with Gasteiger partial charge in [-0.25, -0.2) is 0 Å². The molecule has 0 atom stereocenters. The summed E-state index contributed by atoms with van der Waals surface area (Å²) in [5.41, 5.74) is 0.472. The van der Waals surface area contributed by atoms with E-state index in [0.29, 0.717) is 17.1 Å². The number of furan rings is 1. The lowest BCUT2D eigenvalue weighted by Crippen LogP contribution is -2.05. The maximum atomic E-state index is 12.7. The molecule has 2 heterocycles. The molecule has 0 radical (unpaired) electrons. The van der Waals surface area contributed by atoms with Gasteiger partial charge in [0.05, 0.1) is 17.3 Å². The summed E-state index contributed by atoms with van der Waals surface area (Å²) in [5, 5.41) is 4.02. The first-order valence-corrected chi connectivity index (χ1v) is 8.34. The van der Waals surface area contributed by atoms with E-state index in [1.165, 1.54) is 30.5 Å². The van der Waals surface area contributed by atoms with Crippen LogP contribution in [-0.2, 0) is 19.8 Å². The maximum Gasteiger partial charge on any atom is 0.416 e. The standard InChI is InChI=1S/C20H17F3N2O3/c1-13-18(11-24-25(13)2)19(26)9-8-15-6-7-17(28-15)12-27-16-5-3-4-14(10-16)20(21,22)23/h3-11H,12H2,1-2H3/b9-8+. The number of benzene rings is 1. The van der Waals surface area contributed by atoms with Crippen LogP contribution in [0.25, 0.3) is 6.08 Å². The van der Waals surface area contributed by atoms with Crippen LogP contribution in [0.3, 0.4) is 0 Å². The van der Waals surface area contributed by atoms with Crippen molar-refractivity contribution < 1.29 is 27.1 Å². The van der Waals surface area contributed by atoms with E-state index in [1.807, 2.05) is 0 Å². The van der Waals surface area contributed by atoms with Crippen LogP contribution >= 0.6 is 0 Å². The fourth-order valence-electron chi connectivity index (χ4n) is 2.47. The Morgan fingerprint density at radius 2 is 2.07 bits per heavy atom. The quantitative estimate of drug-likeness (QED) is 0.448. The molecule has 0 saturated carbocycles. The number of hydrogen-bond acceptors (Lipinski definition) is 4. The number of allylic oxidation sites excluding steroid dienone is 1. The topological polar surface area (TPSA) is 57.3 Å². The van der Waals surface area contributed by atoms with Gasteiger partial charge < -0.3 is 9.15 Å². The summed E-state index contributed by atoms with van der Waals surface area (Å²) in [5.74, 6) is 0.730. The van der Waals surface area contributed by atoms with Crippen LogP contribution in [0.15, 0.2) is 53.1 Å². The first kappa shape index (κ1) is 19.5. The lowest BCUT2D eigenvalue weighted by Gasteiger charge is -2.09. The Morgan fingerprint density at radius 3 is 2.75 bits per heavy atom. The van der Waals surface area contributed by atoms with Gasteiger partial charge in [-0.1, -0.05) is 6.07 Å². The molecule has 0 N–H and O–H groups in total. The minimum Gasteiger partial charge on any atom is -0.486 e. The predicted octanol–water partition coefficient (Wildman–Crippen LogP) is 4.82. The lowest BCUT2D eigenvalue weighted by atomic mass is 10.1. The third kappa shape index (κ3) is 4.51. The van der Waals surface area contributed by atoms with Crippen molar-refractivity contribution >= 4 is 11.9 Å². The fraction of sp³-hybridized carbons (Fsp3) is 0.200. The van der Waals surface area contributed by atoms with E-state index in [1.54, 1.807) is 30.8 Å². The summed E-state index contributed by atoms with van der Waals surface area (Å²) in [6.45, 7) is 1.76. The zero-order chi connectivity index (χ0) is 20.3. The number of halogens is 3. The molecule has 146 valence electrons. The van der Waals surface area contributed by atoms with Crippen molar-refractivity contribution in [2.45, 2.75) is 19.7 Å². The molecular formula is C20H17F3N2O3. The van der Waals surface area contributed by atoms with E-state index in [-0.39, 0.29) is 18.1 Å². The summed E-state index contributed by atoms with van der Waals surface area (Å²) in [6, 6.07) is 7.90. The van der Waals surface area contributed by atoms with Crippen molar-refractivity contribution in [3.8, 4) is 5.75 Å². The third-order valence-corrected chi connectivity index (χ3v) is 4.12. The van der Waals surface area contributed by atoms with Crippen LogP contribution in [0.2, 0.25) is 0 Å². The van der Waals surface area contributed by atoms with Crippen LogP contribution in [0.1, 0.15) is 33.1 Å². The zero-order valence-electron chi connectivity index (χ0n) is 15.2. The van der Waals surface area contributed by atoms with Gasteiger partial charge in [0.1, 0.15) is 23.9 Å². The van der Waals surface area contributed by atoms with Gasteiger partial charge in [0.2, 0.25) is 0 Å². The van der Waals surface area contributed by atoms with Crippen molar-refractivity contribution in [3.63, 3.8) is 0 Å². The van der Waals surface area contributed by atoms with Crippen LogP contribution in [0.4, 0.5) is 13.2 Å². The smallest absolute Gasteiger partial charge is 0.416 e. The highest BCUT2D eigenvalue weighted by Gasteiger charge is 2.30. The van der Waals surface area contributed by atoms with E-state index < -0.39 is 11.7 Å². The predicted molar refractivity (Wildman–Crippen MR) is 95.8 cm³/mol. The first-order chi connectivity index (χ1) is 13.2. The highest BCUT2D eigenvalue weighted by molar-refractivity contribution is 6.07. The second-order valence-electron chi connectivity index (χ2n) is 6.08. The minimum atomic E-state index is -4.43. The van der Waals surface area contributed by atoms with E-state index in [4.69, 9.17) is 9.15 Å². The number of nitrogens with zero attached hydrogens (tertiary/aromatic N) is 2. The van der Waals surface area contributed by atoms with Crippen molar-refractivity contribution in [1.29, 1.82) is 0 Å². The molecule has 0 aliphatic rings. The number of hydrogen-bond donors (Lipinski definition) is 0. The highest BCUT2D eigenvalue weighted by Crippen LogP contribution is 2.31. The van der Waals surface area contributed by atoms with Gasteiger partial charge in [0, 0.05) is 12.7 Å². The first-order valence-electron chi connectivity index (χ1n) is 8.34. The Kier molecular flexibility index (Phi) is 5.39. The summed E-state index contributed by atoms with van der Waals surface area (Å²) >= 11 is 0. The Bertz CT molecular complexity index is 1020. The number of carbonyl (C=O) groups is 1. The van der Waals surface area contributed by atoms with Gasteiger partial charge >= 0.3 is 6.18 Å². The number of aromatic nitrogens is 2. The summed E-state index contributed by atoms with van der Waals surface area (Å²) in [4.78, 5) is 12.2. The Hall–Kier alpha value is -3.29. The number of ketones is 1. The van der Waals surface area contributed by atoms with Crippen molar-refractivity contribution in [2.24, 2.45) is 7.05 Å². The molecule has 0 fully saturated rings. The van der Waals surface area contributed by atoms with Crippen molar-refractivity contribution in [3.05, 3.63) is 77.0 Å². The second kappa shape index (κ2) is 7.75. The normalized spacial score (nSPS) is 11.9. The Balaban J connectivity index is 1.62. The molecule has 3 aromatic rings. The molecule has 0 aliphatic carbocycles. The largest absolute Gasteiger partial charge is 0.486 e. The summed E-state index contributed by atoms with van der Waals surface area (Å²) < 4.78 is 50.6. The monoisotopic (exact) mass is 390 g/mol. The van der Waals surface area contributed by atoms with Crippen LogP contribution < -0.4 is 4.74 Å². The van der Waals surface area contributed by atoms with Gasteiger partial charge in [-0.3, -0.25) is 9.48 Å². The molecule has 0 unspecified atom stereocenters. The summed E-state index contributed by atoms with van der Waals surface area (Å²) in [7, 11) is 1.75. The molecule has 1 aromatic carbocycles. The van der Waals surface area contributed by atoms with Crippen molar-refractivity contribution in [2.75, 3.05) is 0 Å². The SMILES string of the molecule is Cc1c(C(=O)/C=C/c2ccc(COc3cccc(C(F)(F)F)c3)o2)cnn1C. The molecule has 28 heavy (non-hydrogen) atoms. The fourth-order valence-corrected chi connectivity index (χ4v) is 2.47. The molecule has 3 rings (SSSR count). The molecule has 0 aliphatic heterocycles. The van der Waals surface area contributed by atoms with Crippen LogP contribution in [0, 0.1) is 6.92 Å². The highest BCUT2D eigenvalue weighted by atomic mass is 19.4. The van der Waals surface area contributed by atoms with Crippen LogP contribution in [-0.4, -0.2) is 15.6 Å². The number of rotatable bonds is 6. The molecule has 8 heteroatoms. The average molecular weight is 390 g/mol. The van der Waals surface area contributed by atoms with Gasteiger partial charge in [-0.05, 0) is 49.4 Å². The number of alkyl halides is 3. The molecule has 0 saturated heterocycles. The van der Waals surface area contributed by atoms with Gasteiger partial charge in [0.15, 0.2) is 5.78 Å². The van der Waals surface area contributed by atoms with E-state index in [0.717, 1.165) is 17.8 Å². The number of carbonyl (C=O) groups excluding carboxylic acids is 1. The van der Waals surface area contributed by atoms with Crippen LogP contribution in [0.5, 0.6) is 5.75 Å². The average Bonchev–Trinajstić information content (AvgIpc) is 3.25. The Morgan fingerprint density at radius 1 is 1.29 bits per heavy atom. The van der Waals surface area contributed by atoms with Crippen molar-refractivity contribution in [1.82, 2.24) is 9.78 Å². The van der Waals surface area contributed by atoms with Gasteiger partial charge in [0.25, 0.3) is 0 Å². The molecule has 5 nitrogen and oxygen atoms in total. The lowest BCUT2D eigenvalue weighted by molar-refractivity contribution is -0.137. The van der Waals surface area contributed by atoms with E-state index in [2.05, 4.69) is 5.10 Å². The summed E-state index contributed by atoms with van der Waals surface area (Å²) in [6.07, 6.45) is -0.0392. The zero-order valence-corrected chi connectivity index (χ0v) is 15.2. The minimum absolute atomic E-state index is 0.0369. The van der Waals surface area contributed by atoms with Gasteiger partial charge in [-0.2, -0.15) is 18.3 Å². The molecule has 0 bridgehead atoms. The molecular weight excluding hydrogens is 373 g/mol. The molecule has 0 spiro atoms. The molecule has 2 aromatic heterocycles. The number of aryl methyl sites for hydroxylation is 1.